The number of nitrogens with zero attached hydrogens (tertiary/aromatic N) is 2. The van der Waals surface area contributed by atoms with Gasteiger partial charge in [0.2, 0.25) is 5.91 Å². The van der Waals surface area contributed by atoms with Gasteiger partial charge in [-0.2, -0.15) is 0 Å². The third kappa shape index (κ3) is 5.15. The summed E-state index contributed by atoms with van der Waals surface area (Å²) in [6.45, 7) is 11.9. The monoisotopic (exact) mass is 386 g/mol. The summed E-state index contributed by atoms with van der Waals surface area (Å²) in [7, 11) is 1.60. The zero-order chi connectivity index (χ0) is 20.8. The van der Waals surface area contributed by atoms with Crippen LogP contribution in [0.2, 0.25) is 0 Å². The van der Waals surface area contributed by atoms with Gasteiger partial charge in [0.25, 0.3) is 5.56 Å². The van der Waals surface area contributed by atoms with Crippen molar-refractivity contribution in [2.45, 2.75) is 59.9 Å². The van der Waals surface area contributed by atoms with Crippen molar-refractivity contribution in [3.8, 4) is 5.75 Å². The van der Waals surface area contributed by atoms with Crippen molar-refractivity contribution in [1.29, 1.82) is 0 Å². The van der Waals surface area contributed by atoms with Crippen molar-refractivity contribution in [3.05, 3.63) is 40.2 Å². The summed E-state index contributed by atoms with van der Waals surface area (Å²) in [4.78, 5) is 28.1. The van der Waals surface area contributed by atoms with Crippen LogP contribution in [0, 0.1) is 5.92 Å². The van der Waals surface area contributed by atoms with E-state index in [0.717, 1.165) is 35.9 Å². The average Bonchev–Trinajstić information content (AvgIpc) is 2.66. The maximum atomic E-state index is 13.2. The lowest BCUT2D eigenvalue weighted by atomic mass is 10.0. The van der Waals surface area contributed by atoms with E-state index in [4.69, 9.17) is 4.74 Å². The lowest BCUT2D eigenvalue weighted by Gasteiger charge is -2.24. The van der Waals surface area contributed by atoms with Crippen molar-refractivity contribution in [2.24, 2.45) is 5.92 Å². The molecule has 1 heterocycles. The lowest BCUT2D eigenvalue weighted by Crippen LogP contribution is -2.38. The predicted molar refractivity (Wildman–Crippen MR) is 115 cm³/mol. The summed E-state index contributed by atoms with van der Waals surface area (Å²) >= 11 is 0. The van der Waals surface area contributed by atoms with Gasteiger partial charge in [-0.15, -0.1) is 0 Å². The Morgan fingerprint density at radius 1 is 1.14 bits per heavy atom. The molecule has 0 aliphatic carbocycles. The first kappa shape index (κ1) is 22.0. The van der Waals surface area contributed by atoms with Crippen molar-refractivity contribution < 1.29 is 9.53 Å². The Hall–Kier alpha value is -2.30. The first-order valence-electron chi connectivity index (χ1n) is 10.3. The molecule has 1 amide bonds. The van der Waals surface area contributed by atoms with Gasteiger partial charge in [0.1, 0.15) is 12.3 Å². The van der Waals surface area contributed by atoms with Gasteiger partial charge >= 0.3 is 0 Å². The first-order chi connectivity index (χ1) is 13.3. The minimum Gasteiger partial charge on any atom is -0.497 e. The van der Waals surface area contributed by atoms with Gasteiger partial charge in [-0.1, -0.05) is 34.6 Å². The SMILES string of the molecule is CCCN(CCC(C)C)C(=O)Cn1c(=O)c(C(C)C)cc2ccc(OC)cc21. The Labute approximate surface area is 168 Å². The van der Waals surface area contributed by atoms with Gasteiger partial charge in [0.15, 0.2) is 0 Å². The largest absolute Gasteiger partial charge is 0.497 e. The van der Waals surface area contributed by atoms with Gasteiger partial charge in [-0.25, -0.2) is 0 Å². The molecule has 0 bridgehead atoms. The van der Waals surface area contributed by atoms with Crippen molar-refractivity contribution in [1.82, 2.24) is 9.47 Å². The molecule has 2 aromatic rings. The molecule has 1 aromatic heterocycles. The van der Waals surface area contributed by atoms with Gasteiger partial charge in [0.05, 0.1) is 12.6 Å². The van der Waals surface area contributed by atoms with Crippen molar-refractivity contribution in [3.63, 3.8) is 0 Å². The maximum Gasteiger partial charge on any atom is 0.254 e. The highest BCUT2D eigenvalue weighted by Gasteiger charge is 2.18. The summed E-state index contributed by atoms with van der Waals surface area (Å²) in [6.07, 6.45) is 1.86. The Morgan fingerprint density at radius 3 is 2.43 bits per heavy atom. The second kappa shape index (κ2) is 9.76. The molecule has 5 heteroatoms. The Morgan fingerprint density at radius 2 is 1.86 bits per heavy atom. The van der Waals surface area contributed by atoms with E-state index in [9.17, 15) is 9.59 Å². The molecule has 0 N–H and O–H groups in total. The Balaban J connectivity index is 2.49. The highest BCUT2D eigenvalue weighted by Crippen LogP contribution is 2.23. The van der Waals surface area contributed by atoms with Crippen LogP contribution < -0.4 is 10.3 Å². The van der Waals surface area contributed by atoms with E-state index in [0.29, 0.717) is 18.2 Å². The number of carbonyl (C=O) groups excluding carboxylic acids is 1. The molecule has 28 heavy (non-hydrogen) atoms. The highest BCUT2D eigenvalue weighted by molar-refractivity contribution is 5.84. The number of carbonyl (C=O) groups is 1. The van der Waals surface area contributed by atoms with Crippen LogP contribution in [0.4, 0.5) is 0 Å². The smallest absolute Gasteiger partial charge is 0.254 e. The predicted octanol–water partition coefficient (Wildman–Crippen LogP) is 4.42. The van der Waals surface area contributed by atoms with E-state index >= 15 is 0 Å². The van der Waals surface area contributed by atoms with E-state index < -0.39 is 0 Å². The molecule has 2 rings (SSSR count). The molecular formula is C23H34N2O3. The quantitative estimate of drug-likeness (QED) is 0.641. The number of amides is 1. The number of benzene rings is 1. The third-order valence-electron chi connectivity index (χ3n) is 5.07. The Kier molecular flexibility index (Phi) is 7.67. The number of rotatable bonds is 9. The number of ether oxygens (including phenoxy) is 1. The fourth-order valence-electron chi connectivity index (χ4n) is 3.35. The van der Waals surface area contributed by atoms with E-state index in [2.05, 4.69) is 20.8 Å². The number of pyridine rings is 1. The summed E-state index contributed by atoms with van der Waals surface area (Å²) in [6, 6.07) is 7.61. The topological polar surface area (TPSA) is 51.5 Å². The molecule has 1 aromatic carbocycles. The fraction of sp³-hybridized carbons (Fsp3) is 0.565. The Bertz CT molecular complexity index is 868. The van der Waals surface area contributed by atoms with Crippen LogP contribution in [0.1, 0.15) is 58.9 Å². The van der Waals surface area contributed by atoms with Crippen LogP contribution in [0.15, 0.2) is 29.1 Å². The molecule has 0 radical (unpaired) electrons. The van der Waals surface area contributed by atoms with Crippen LogP contribution in [-0.4, -0.2) is 35.6 Å². The first-order valence-corrected chi connectivity index (χ1v) is 10.3. The van der Waals surface area contributed by atoms with E-state index in [1.54, 1.807) is 11.7 Å². The highest BCUT2D eigenvalue weighted by atomic mass is 16.5. The van der Waals surface area contributed by atoms with Crippen LogP contribution in [0.3, 0.4) is 0 Å². The standard InChI is InChI=1S/C23H34N2O3/c1-7-11-24(12-10-16(2)3)22(26)15-25-21-14-19(28-6)9-8-18(21)13-20(17(4)5)23(25)27/h8-9,13-14,16-17H,7,10-12,15H2,1-6H3. The zero-order valence-corrected chi connectivity index (χ0v) is 18.1. The molecular weight excluding hydrogens is 352 g/mol. The number of methoxy groups -OCH3 is 1. The van der Waals surface area contributed by atoms with E-state index in [-0.39, 0.29) is 23.9 Å². The minimum absolute atomic E-state index is 0.00498. The third-order valence-corrected chi connectivity index (χ3v) is 5.07. The second-order valence-corrected chi connectivity index (χ2v) is 8.13. The molecule has 0 spiro atoms. The average molecular weight is 387 g/mol. The summed E-state index contributed by atoms with van der Waals surface area (Å²) in [5.74, 6) is 1.29. The summed E-state index contributed by atoms with van der Waals surface area (Å²) in [5, 5.41) is 0.945. The molecule has 0 atom stereocenters. The molecule has 0 saturated heterocycles. The maximum absolute atomic E-state index is 13.2. The molecule has 5 nitrogen and oxygen atoms in total. The number of fused-ring (bicyclic) bond motifs is 1. The zero-order valence-electron chi connectivity index (χ0n) is 18.1. The van der Waals surface area contributed by atoms with E-state index in [1.165, 1.54) is 0 Å². The molecule has 0 aliphatic heterocycles. The van der Waals surface area contributed by atoms with Crippen molar-refractivity contribution >= 4 is 16.8 Å². The molecule has 154 valence electrons. The lowest BCUT2D eigenvalue weighted by molar-refractivity contribution is -0.132. The number of hydrogen-bond donors (Lipinski definition) is 0. The number of aromatic nitrogens is 1. The summed E-state index contributed by atoms with van der Waals surface area (Å²) < 4.78 is 6.96. The number of hydrogen-bond acceptors (Lipinski definition) is 3. The molecule has 0 saturated carbocycles. The van der Waals surface area contributed by atoms with Crippen molar-refractivity contribution in [2.75, 3.05) is 20.2 Å². The molecule has 0 fully saturated rings. The van der Waals surface area contributed by atoms with Gasteiger partial charge in [-0.3, -0.25) is 14.2 Å². The normalized spacial score (nSPS) is 11.4. The van der Waals surface area contributed by atoms with Crippen LogP contribution in [0.5, 0.6) is 5.75 Å². The van der Waals surface area contributed by atoms with Gasteiger partial charge < -0.3 is 9.64 Å². The summed E-state index contributed by atoms with van der Waals surface area (Å²) in [5.41, 5.74) is 1.38. The van der Waals surface area contributed by atoms with E-state index in [1.807, 2.05) is 43.0 Å². The fourth-order valence-corrected chi connectivity index (χ4v) is 3.35. The molecule has 0 unspecified atom stereocenters. The second-order valence-electron chi connectivity index (χ2n) is 8.13. The van der Waals surface area contributed by atoms with Crippen LogP contribution in [0.25, 0.3) is 10.9 Å². The van der Waals surface area contributed by atoms with Gasteiger partial charge in [0, 0.05) is 24.7 Å². The van der Waals surface area contributed by atoms with Gasteiger partial charge in [-0.05, 0) is 48.3 Å². The molecule has 0 aliphatic rings. The minimum atomic E-state index is -0.0931. The van der Waals surface area contributed by atoms with Crippen LogP contribution >= 0.6 is 0 Å². The van der Waals surface area contributed by atoms with Crippen LogP contribution in [-0.2, 0) is 11.3 Å².